The van der Waals surface area contributed by atoms with Crippen molar-refractivity contribution < 1.29 is 0 Å². The topological polar surface area (TPSA) is 22.2 Å². The minimum atomic E-state index is -1.42. The zero-order chi connectivity index (χ0) is 14.4. The largest absolute Gasteiger partial charge is 0.368 e. The van der Waals surface area contributed by atoms with Crippen molar-refractivity contribution in [2.45, 2.75) is 72.3 Å². The molecule has 0 atom stereocenters. The molecule has 0 saturated carbocycles. The summed E-state index contributed by atoms with van der Waals surface area (Å²) in [5.41, 5.74) is 0.294. The van der Waals surface area contributed by atoms with E-state index in [1.807, 2.05) is 0 Å². The average Bonchev–Trinajstić information content (AvgIpc) is 2.41. The van der Waals surface area contributed by atoms with Gasteiger partial charge in [-0.3, -0.25) is 0 Å². The van der Waals surface area contributed by atoms with E-state index < -0.39 is 16.8 Å². The van der Waals surface area contributed by atoms with Crippen LogP contribution < -0.4 is 0 Å². The third-order valence-electron chi connectivity index (χ3n) is 2.68. The number of rotatable bonds is 1. The van der Waals surface area contributed by atoms with Crippen LogP contribution >= 0.6 is 0 Å². The second-order valence-corrected chi connectivity index (χ2v) is 14.8. The highest BCUT2D eigenvalue weighted by Crippen LogP contribution is 2.18. The molecule has 0 aliphatic carbocycles. The molecule has 0 spiro atoms. The molecule has 18 heavy (non-hydrogen) atoms. The summed E-state index contributed by atoms with van der Waals surface area (Å²) in [6.45, 7) is 20.6. The van der Waals surface area contributed by atoms with E-state index in [9.17, 15) is 0 Å². The van der Waals surface area contributed by atoms with Crippen molar-refractivity contribution in [1.29, 1.82) is 0 Å². The fourth-order valence-corrected chi connectivity index (χ4v) is 6.93. The zero-order valence-electron chi connectivity index (χ0n) is 13.5. The van der Waals surface area contributed by atoms with Crippen LogP contribution in [0.2, 0.25) is 19.6 Å². The number of hydrogen-bond donors (Lipinski definition) is 0. The second-order valence-electron chi connectivity index (χ2n) is 7.96. The third-order valence-corrected chi connectivity index (χ3v) is 8.66. The Morgan fingerprint density at radius 2 is 1.17 bits per heavy atom. The summed E-state index contributed by atoms with van der Waals surface area (Å²) < 4.78 is 10.2. The Morgan fingerprint density at radius 3 is 1.39 bits per heavy atom. The highest BCUT2D eigenvalue weighted by molar-refractivity contribution is 6.77. The SMILES string of the molecule is CC(C)(C)n1ccn(C(C)(C)C)[si]1=N[Si](C)(C)C. The summed E-state index contributed by atoms with van der Waals surface area (Å²) in [4.78, 5) is 0. The Labute approximate surface area is 114 Å². The molecule has 0 unspecified atom stereocenters. The van der Waals surface area contributed by atoms with E-state index >= 15 is 0 Å². The lowest BCUT2D eigenvalue weighted by Crippen LogP contribution is -2.34. The second kappa shape index (κ2) is 4.60. The lowest BCUT2D eigenvalue weighted by molar-refractivity contribution is 0.409. The molecule has 0 amide bonds. The molecule has 1 heterocycles. The number of hydrogen-bond acceptors (Lipinski definition) is 1. The van der Waals surface area contributed by atoms with E-state index in [1.165, 1.54) is 0 Å². The minimum Gasteiger partial charge on any atom is -0.348 e. The van der Waals surface area contributed by atoms with Crippen molar-refractivity contribution in [1.82, 2.24) is 8.44 Å². The van der Waals surface area contributed by atoms with Crippen LogP contribution in [0.3, 0.4) is 0 Å². The summed E-state index contributed by atoms with van der Waals surface area (Å²) in [6, 6.07) is 0. The predicted octanol–water partition coefficient (Wildman–Crippen LogP) is 3.97. The molecule has 0 fully saturated rings. The Hall–Kier alpha value is -0.426. The van der Waals surface area contributed by atoms with Gasteiger partial charge in [-0.15, -0.1) is 0 Å². The molecule has 0 bridgehead atoms. The lowest BCUT2D eigenvalue weighted by atomic mass is 10.1. The van der Waals surface area contributed by atoms with Gasteiger partial charge in [0, 0.05) is 23.5 Å². The van der Waals surface area contributed by atoms with Crippen LogP contribution in [0, 0.1) is 0 Å². The van der Waals surface area contributed by atoms with Crippen molar-refractivity contribution in [2.75, 3.05) is 0 Å². The van der Waals surface area contributed by atoms with Crippen LogP contribution in [0.4, 0.5) is 0 Å². The van der Waals surface area contributed by atoms with Gasteiger partial charge in [-0.2, -0.15) is 0 Å². The van der Waals surface area contributed by atoms with Crippen LogP contribution in [-0.4, -0.2) is 25.2 Å². The van der Waals surface area contributed by atoms with Crippen LogP contribution in [-0.2, 0) is 11.1 Å². The van der Waals surface area contributed by atoms with Crippen LogP contribution in [0.25, 0.3) is 0 Å². The van der Waals surface area contributed by atoms with Gasteiger partial charge in [-0.25, -0.2) is 0 Å². The van der Waals surface area contributed by atoms with Gasteiger partial charge in [-0.1, -0.05) is 19.6 Å². The molecule has 3 nitrogen and oxygen atoms in total. The first kappa shape index (κ1) is 15.6. The Kier molecular flexibility index (Phi) is 3.99. The smallest absolute Gasteiger partial charge is 0.348 e. The Bertz CT molecular complexity index is 442. The van der Waals surface area contributed by atoms with Crippen LogP contribution in [0.5, 0.6) is 0 Å². The van der Waals surface area contributed by atoms with E-state index in [0.29, 0.717) is 0 Å². The summed E-state index contributed by atoms with van der Waals surface area (Å²) >= 11 is 0. The predicted molar refractivity (Wildman–Crippen MR) is 83.9 cm³/mol. The van der Waals surface area contributed by atoms with Gasteiger partial charge < -0.3 is 12.7 Å². The van der Waals surface area contributed by atoms with Crippen molar-refractivity contribution >= 4 is 16.8 Å². The minimum absolute atomic E-state index is 0.147. The number of aromatic nitrogens is 2. The van der Waals surface area contributed by atoms with E-state index in [1.54, 1.807) is 0 Å². The zero-order valence-corrected chi connectivity index (χ0v) is 15.5. The fourth-order valence-electron chi connectivity index (χ4n) is 1.84. The van der Waals surface area contributed by atoms with Crippen molar-refractivity contribution in [3.8, 4) is 0 Å². The molecule has 0 radical (unpaired) electrons. The van der Waals surface area contributed by atoms with Gasteiger partial charge in [0.15, 0.2) is 8.24 Å². The maximum Gasteiger partial charge on any atom is 0.368 e. The van der Waals surface area contributed by atoms with Gasteiger partial charge >= 0.3 is 8.53 Å². The van der Waals surface area contributed by atoms with Crippen LogP contribution in [0.1, 0.15) is 41.5 Å². The van der Waals surface area contributed by atoms with Crippen molar-refractivity contribution in [2.24, 2.45) is 4.30 Å². The first-order valence-electron chi connectivity index (χ1n) is 6.69. The third kappa shape index (κ3) is 3.78. The summed E-state index contributed by atoms with van der Waals surface area (Å²) in [7, 11) is -2.44. The molecule has 0 N–H and O–H groups in total. The summed E-state index contributed by atoms with van der Waals surface area (Å²) in [5.74, 6) is 0. The van der Waals surface area contributed by atoms with E-state index in [-0.39, 0.29) is 11.1 Å². The monoisotopic (exact) mass is 283 g/mol. The van der Waals surface area contributed by atoms with Gasteiger partial charge in [0.05, 0.1) is 0 Å². The van der Waals surface area contributed by atoms with Gasteiger partial charge in [0.1, 0.15) is 0 Å². The van der Waals surface area contributed by atoms with Gasteiger partial charge in [0.25, 0.3) is 0 Å². The molecule has 1 aromatic rings. The lowest BCUT2D eigenvalue weighted by Gasteiger charge is -2.26. The molecule has 5 heteroatoms. The highest BCUT2D eigenvalue weighted by Gasteiger charge is 2.23. The molecule has 0 aliphatic heterocycles. The first-order chi connectivity index (χ1) is 7.82. The standard InChI is InChI=1S/C13H29N3Si2/c1-12(2,3)15-10-11-16(13(4,5)6)17(15)14-18(7,8)9/h10-11H,1-9H3. The molecular weight excluding hydrogens is 254 g/mol. The van der Waals surface area contributed by atoms with Gasteiger partial charge in [0.2, 0.25) is 0 Å². The maximum atomic E-state index is 5.23. The first-order valence-corrected chi connectivity index (χ1v) is 11.5. The molecule has 104 valence electrons. The quantitative estimate of drug-likeness (QED) is 0.696. The van der Waals surface area contributed by atoms with Crippen LogP contribution in [0.15, 0.2) is 16.7 Å². The average molecular weight is 284 g/mol. The Morgan fingerprint density at radius 1 is 0.833 bits per heavy atom. The van der Waals surface area contributed by atoms with E-state index in [4.69, 9.17) is 4.30 Å². The summed E-state index contributed by atoms with van der Waals surface area (Å²) in [5, 5.41) is 0. The molecule has 0 aromatic carbocycles. The summed E-state index contributed by atoms with van der Waals surface area (Å²) in [6.07, 6.45) is 4.48. The normalized spacial score (nSPS) is 13.8. The molecular formula is C13H29N3Si2. The molecule has 1 aromatic heterocycles. The Balaban J connectivity index is 3.62. The molecule has 0 saturated heterocycles. The van der Waals surface area contributed by atoms with Gasteiger partial charge in [-0.05, 0) is 41.5 Å². The maximum absolute atomic E-state index is 5.23. The number of nitrogens with zero attached hydrogens (tertiary/aromatic N) is 3. The van der Waals surface area contributed by atoms with Crippen molar-refractivity contribution in [3.63, 3.8) is 0 Å². The fraction of sp³-hybridized carbons (Fsp3) is 0.846. The molecule has 0 aliphatic rings. The van der Waals surface area contributed by atoms with Crippen molar-refractivity contribution in [3.05, 3.63) is 12.4 Å². The molecule has 1 rings (SSSR count). The highest BCUT2D eigenvalue weighted by atomic mass is 28.4. The van der Waals surface area contributed by atoms with E-state index in [0.717, 1.165) is 0 Å². The van der Waals surface area contributed by atoms with E-state index in [2.05, 4.69) is 82.0 Å².